The van der Waals surface area contributed by atoms with Gasteiger partial charge in [0.15, 0.2) is 0 Å². The molecular weight excluding hydrogens is 272 g/mol. The van der Waals surface area contributed by atoms with Crippen molar-refractivity contribution in [3.8, 4) is 0 Å². The SMILES string of the molecule is [N-]=[N+]=[N-].[Na+].[Pb]. The first-order valence-electron chi connectivity index (χ1n) is 0.400. The second kappa shape index (κ2) is 18.8. The first-order chi connectivity index (χ1) is 1.41. The van der Waals surface area contributed by atoms with Crippen LogP contribution in [0, 0.1) is 0 Å². The molecule has 20 valence electrons. The van der Waals surface area contributed by atoms with Crippen molar-refractivity contribution in [2.24, 2.45) is 0 Å². The molecule has 0 aliphatic carbocycles. The predicted molar refractivity (Wildman–Crippen MR) is 15.8 cm³/mol. The fourth-order valence-electron chi connectivity index (χ4n) is 0. The molecule has 0 aromatic rings. The molecule has 5 heavy (non-hydrogen) atoms. The molecular formula is N3NaPb. The third-order valence-corrected chi connectivity index (χ3v) is 0. The maximum absolute atomic E-state index is 6.75. The van der Waals surface area contributed by atoms with Crippen LogP contribution < -0.4 is 29.6 Å². The van der Waals surface area contributed by atoms with Gasteiger partial charge in [0.25, 0.3) is 0 Å². The molecule has 0 bridgehead atoms. The molecule has 0 saturated heterocycles. The van der Waals surface area contributed by atoms with Gasteiger partial charge < -0.3 is 11.1 Å². The van der Waals surface area contributed by atoms with E-state index in [1.807, 2.05) is 0 Å². The molecule has 0 aromatic heterocycles. The first-order valence-corrected chi connectivity index (χ1v) is 0.400. The summed E-state index contributed by atoms with van der Waals surface area (Å²) in [6, 6.07) is 0. The van der Waals surface area contributed by atoms with Crippen LogP contribution in [0.3, 0.4) is 0 Å². The molecule has 0 heterocycles. The summed E-state index contributed by atoms with van der Waals surface area (Å²) in [5.74, 6) is 0. The summed E-state index contributed by atoms with van der Waals surface area (Å²) < 4.78 is 0. The smallest absolute Gasteiger partial charge is 0.373 e. The number of nitrogens with zero attached hydrogens (tertiary/aromatic N) is 3. The average molecular weight is 272 g/mol. The van der Waals surface area contributed by atoms with Crippen LogP contribution in [-0.4, -0.2) is 27.3 Å². The van der Waals surface area contributed by atoms with E-state index >= 15 is 0 Å². The number of hydrogen-bond acceptors (Lipinski definition) is 0. The van der Waals surface area contributed by atoms with E-state index in [1.165, 1.54) is 4.91 Å². The molecule has 5 heteroatoms. The van der Waals surface area contributed by atoms with Crippen molar-refractivity contribution in [3.05, 3.63) is 16.0 Å². The largest absolute Gasteiger partial charge is 1.00 e. The predicted octanol–water partition coefficient (Wildman–Crippen LogP) is -2.51. The van der Waals surface area contributed by atoms with E-state index in [0.29, 0.717) is 0 Å². The van der Waals surface area contributed by atoms with Crippen LogP contribution in [0.15, 0.2) is 0 Å². The van der Waals surface area contributed by atoms with Gasteiger partial charge in [0.2, 0.25) is 0 Å². The topological polar surface area (TPSA) is 58.7 Å². The third kappa shape index (κ3) is 36.0. The fraction of sp³-hybridized carbons (Fsp3) is 0. The Hall–Kier alpha value is 1.23. The van der Waals surface area contributed by atoms with Crippen LogP contribution in [0.25, 0.3) is 16.0 Å². The third-order valence-electron chi connectivity index (χ3n) is 0. The fourth-order valence-corrected chi connectivity index (χ4v) is 0. The van der Waals surface area contributed by atoms with E-state index in [-0.39, 0.29) is 56.9 Å². The number of hydrogen-bond donors (Lipinski definition) is 0. The summed E-state index contributed by atoms with van der Waals surface area (Å²) in [4.78, 5) is 1.50. The minimum Gasteiger partial charge on any atom is -0.373 e. The minimum absolute atomic E-state index is 0. The molecule has 0 atom stereocenters. The molecule has 0 aliphatic rings. The number of rotatable bonds is 0. The molecule has 0 spiro atoms. The molecule has 0 N–H and O–H groups in total. The summed E-state index contributed by atoms with van der Waals surface area (Å²) >= 11 is 0. The molecule has 0 unspecified atom stereocenters. The molecule has 0 rings (SSSR count). The molecule has 0 fully saturated rings. The Morgan fingerprint density at radius 3 is 1.20 bits per heavy atom. The zero-order valence-electron chi connectivity index (χ0n) is 2.84. The summed E-state index contributed by atoms with van der Waals surface area (Å²) in [6.45, 7) is 0. The molecule has 0 amide bonds. The van der Waals surface area contributed by atoms with E-state index < -0.39 is 0 Å². The first kappa shape index (κ1) is 16.3. The quantitative estimate of drug-likeness (QED) is 0.202. The van der Waals surface area contributed by atoms with Gasteiger partial charge in [0.05, 0.1) is 0 Å². The van der Waals surface area contributed by atoms with Gasteiger partial charge in [-0.25, -0.2) is 0 Å². The summed E-state index contributed by atoms with van der Waals surface area (Å²) in [5.41, 5.74) is 13.5. The molecule has 0 aliphatic heterocycles. The zero-order chi connectivity index (χ0) is 2.71. The summed E-state index contributed by atoms with van der Waals surface area (Å²) in [6.07, 6.45) is 0. The van der Waals surface area contributed by atoms with Crippen LogP contribution >= 0.6 is 0 Å². The van der Waals surface area contributed by atoms with Crippen molar-refractivity contribution >= 4 is 27.3 Å². The maximum atomic E-state index is 6.75. The normalized spacial score (nSPS) is 1.60. The van der Waals surface area contributed by atoms with E-state index in [0.717, 1.165) is 0 Å². The second-order valence-electron chi connectivity index (χ2n) is 0.0894. The molecule has 4 radical (unpaired) electrons. The Bertz CT molecular complexity index is 27.9. The van der Waals surface area contributed by atoms with Crippen LogP contribution in [0.2, 0.25) is 0 Å². The van der Waals surface area contributed by atoms with Crippen molar-refractivity contribution in [2.75, 3.05) is 0 Å². The minimum atomic E-state index is 0. The van der Waals surface area contributed by atoms with E-state index in [1.54, 1.807) is 0 Å². The van der Waals surface area contributed by atoms with Crippen molar-refractivity contribution < 1.29 is 29.6 Å². The van der Waals surface area contributed by atoms with E-state index in [4.69, 9.17) is 11.1 Å². The Morgan fingerprint density at radius 1 is 1.20 bits per heavy atom. The monoisotopic (exact) mass is 273 g/mol. The van der Waals surface area contributed by atoms with Crippen LogP contribution in [0.5, 0.6) is 0 Å². The van der Waals surface area contributed by atoms with Gasteiger partial charge in [-0.2, -0.15) is 0 Å². The van der Waals surface area contributed by atoms with Gasteiger partial charge in [-0.3, -0.25) is 4.91 Å². The molecule has 0 aromatic carbocycles. The van der Waals surface area contributed by atoms with Gasteiger partial charge >= 0.3 is 29.6 Å². The Labute approximate surface area is 72.0 Å². The van der Waals surface area contributed by atoms with Crippen LogP contribution in [-0.2, 0) is 0 Å². The van der Waals surface area contributed by atoms with Gasteiger partial charge in [-0.1, -0.05) is 0 Å². The summed E-state index contributed by atoms with van der Waals surface area (Å²) in [7, 11) is 0. The standard InChI is InChI=1S/N3.Na.Pb/c1-3-2;;/q-1;+1;. The summed E-state index contributed by atoms with van der Waals surface area (Å²) in [5, 5.41) is 0. The Kier molecular flexibility index (Phi) is 61.4. The van der Waals surface area contributed by atoms with Crippen molar-refractivity contribution in [1.29, 1.82) is 0 Å². The van der Waals surface area contributed by atoms with Crippen molar-refractivity contribution in [3.63, 3.8) is 0 Å². The van der Waals surface area contributed by atoms with Crippen LogP contribution in [0.1, 0.15) is 0 Å². The van der Waals surface area contributed by atoms with Crippen molar-refractivity contribution in [1.82, 2.24) is 0 Å². The van der Waals surface area contributed by atoms with Crippen molar-refractivity contribution in [2.45, 2.75) is 0 Å². The molecule has 3 nitrogen and oxygen atoms in total. The van der Waals surface area contributed by atoms with Gasteiger partial charge in [0, 0.05) is 27.3 Å². The van der Waals surface area contributed by atoms with Gasteiger partial charge in [-0.05, 0) is 0 Å². The van der Waals surface area contributed by atoms with Crippen LogP contribution in [0.4, 0.5) is 0 Å². The Balaban J connectivity index is -0.0000000200. The van der Waals surface area contributed by atoms with Gasteiger partial charge in [-0.15, -0.1) is 0 Å². The Morgan fingerprint density at radius 2 is 1.20 bits per heavy atom. The van der Waals surface area contributed by atoms with Gasteiger partial charge in [0.1, 0.15) is 0 Å². The molecule has 0 saturated carbocycles. The second-order valence-corrected chi connectivity index (χ2v) is 0.0894. The van der Waals surface area contributed by atoms with E-state index in [2.05, 4.69) is 0 Å². The average Bonchev–Trinajstić information content (AvgIpc) is 0.918. The zero-order valence-corrected chi connectivity index (χ0v) is 8.73. The maximum Gasteiger partial charge on any atom is 1.00 e. The van der Waals surface area contributed by atoms with E-state index in [9.17, 15) is 0 Å².